The molecule has 0 bridgehead atoms. The number of amides is 3. The van der Waals surface area contributed by atoms with Gasteiger partial charge < -0.3 is 15.5 Å². The molecule has 1 heterocycles. The number of imide groups is 1. The lowest BCUT2D eigenvalue weighted by Gasteiger charge is -2.28. The molecule has 2 aromatic carbocycles. The molecule has 0 radical (unpaired) electrons. The Morgan fingerprint density at radius 3 is 2.07 bits per heavy atom. The van der Waals surface area contributed by atoms with Crippen molar-refractivity contribution in [1.82, 2.24) is 21.1 Å². The summed E-state index contributed by atoms with van der Waals surface area (Å²) in [6, 6.07) is 17.8. The highest BCUT2D eigenvalue weighted by Gasteiger charge is 2.54. The van der Waals surface area contributed by atoms with E-state index in [0.29, 0.717) is 17.7 Å². The van der Waals surface area contributed by atoms with Gasteiger partial charge in [-0.25, -0.2) is 4.79 Å². The molecular weight excluding hydrogens is 374 g/mol. The van der Waals surface area contributed by atoms with Gasteiger partial charge >= 0.3 is 6.03 Å². The molecule has 1 aliphatic heterocycles. The average Bonchev–Trinajstić information content (AvgIpc) is 2.94. The fourth-order valence-electron chi connectivity index (χ4n) is 3.13. The van der Waals surface area contributed by atoms with Crippen LogP contribution in [0.25, 0.3) is 0 Å². The summed E-state index contributed by atoms with van der Waals surface area (Å²) < 4.78 is 0. The molecule has 3 rings (SSSR count). The maximum atomic E-state index is 13.4. The van der Waals surface area contributed by atoms with Crippen molar-refractivity contribution in [3.05, 3.63) is 71.8 Å². The standard InChI is InChI=1S/C20H23N5O2S/c1-24(2)14-13-21-18(28)23-25-17(26)20(22-19(25)27,15-9-5-3-6-10-15)16-11-7-4-8-12-16/h3-12H,13-14H2,1-2H3,(H,22,27)(H2,21,23,28)/p+1. The van der Waals surface area contributed by atoms with Gasteiger partial charge in [0.15, 0.2) is 10.7 Å². The molecule has 28 heavy (non-hydrogen) atoms. The Hall–Kier alpha value is -2.97. The van der Waals surface area contributed by atoms with Crippen LogP contribution in [0.3, 0.4) is 0 Å². The number of nitrogens with zero attached hydrogens (tertiary/aromatic N) is 1. The Kier molecular flexibility index (Phi) is 5.91. The second-order valence-electron chi connectivity index (χ2n) is 6.88. The zero-order valence-corrected chi connectivity index (χ0v) is 16.7. The van der Waals surface area contributed by atoms with E-state index in [1.807, 2.05) is 74.8 Å². The minimum Gasteiger partial charge on any atom is -0.356 e. The first kappa shape index (κ1) is 19.8. The highest BCUT2D eigenvalue weighted by molar-refractivity contribution is 7.80. The topological polar surface area (TPSA) is 77.9 Å². The van der Waals surface area contributed by atoms with Crippen LogP contribution in [-0.4, -0.2) is 49.2 Å². The lowest BCUT2D eigenvalue weighted by atomic mass is 9.83. The van der Waals surface area contributed by atoms with Gasteiger partial charge in [0.2, 0.25) is 0 Å². The molecule has 0 spiro atoms. The van der Waals surface area contributed by atoms with Crippen LogP contribution >= 0.6 is 12.2 Å². The Balaban J connectivity index is 1.88. The number of quaternary nitrogens is 1. The van der Waals surface area contributed by atoms with Crippen LogP contribution < -0.4 is 21.0 Å². The van der Waals surface area contributed by atoms with Crippen molar-refractivity contribution in [3.63, 3.8) is 0 Å². The summed E-state index contributed by atoms with van der Waals surface area (Å²) in [6.45, 7) is 1.47. The number of thiocarbonyl (C=S) groups is 1. The minimum atomic E-state index is -1.31. The Bertz CT molecular complexity index is 818. The third-order valence-corrected chi connectivity index (χ3v) is 4.79. The molecule has 0 saturated carbocycles. The number of nitrogens with one attached hydrogen (secondary N) is 4. The summed E-state index contributed by atoms with van der Waals surface area (Å²) in [6.07, 6.45) is 0. The SMILES string of the molecule is C[NH+](C)CCNC(=S)NN1C(=O)NC(c2ccccc2)(c2ccccc2)C1=O. The van der Waals surface area contributed by atoms with E-state index in [1.54, 1.807) is 0 Å². The van der Waals surface area contributed by atoms with Crippen LogP contribution in [0.2, 0.25) is 0 Å². The molecule has 4 N–H and O–H groups in total. The van der Waals surface area contributed by atoms with E-state index in [4.69, 9.17) is 12.2 Å². The molecular formula is C20H24N5O2S+. The number of hydrogen-bond donors (Lipinski definition) is 4. The number of rotatable bonds is 6. The van der Waals surface area contributed by atoms with E-state index < -0.39 is 17.5 Å². The van der Waals surface area contributed by atoms with Gasteiger partial charge in [-0.05, 0) is 23.3 Å². The molecule has 0 unspecified atom stereocenters. The molecule has 146 valence electrons. The molecule has 7 nitrogen and oxygen atoms in total. The van der Waals surface area contributed by atoms with Gasteiger partial charge in [0.25, 0.3) is 5.91 Å². The molecule has 2 aromatic rings. The third kappa shape index (κ3) is 3.83. The minimum absolute atomic E-state index is 0.224. The Morgan fingerprint density at radius 2 is 1.57 bits per heavy atom. The van der Waals surface area contributed by atoms with Crippen molar-refractivity contribution in [2.75, 3.05) is 27.2 Å². The van der Waals surface area contributed by atoms with E-state index in [1.165, 1.54) is 4.90 Å². The van der Waals surface area contributed by atoms with E-state index in [2.05, 4.69) is 16.1 Å². The zero-order chi connectivity index (χ0) is 20.1. The summed E-state index contributed by atoms with van der Waals surface area (Å²) in [5.41, 5.74) is 2.78. The van der Waals surface area contributed by atoms with Gasteiger partial charge in [0, 0.05) is 0 Å². The van der Waals surface area contributed by atoms with E-state index in [0.717, 1.165) is 11.6 Å². The highest BCUT2D eigenvalue weighted by atomic mass is 32.1. The number of benzene rings is 2. The van der Waals surface area contributed by atoms with Gasteiger partial charge in [-0.2, -0.15) is 5.01 Å². The number of carbonyl (C=O) groups excluding carboxylic acids is 2. The molecule has 1 fully saturated rings. The fraction of sp³-hybridized carbons (Fsp3) is 0.250. The second-order valence-corrected chi connectivity index (χ2v) is 7.29. The zero-order valence-electron chi connectivity index (χ0n) is 15.9. The van der Waals surface area contributed by atoms with Crippen LogP contribution in [0, 0.1) is 0 Å². The number of urea groups is 1. The average molecular weight is 399 g/mol. The van der Waals surface area contributed by atoms with Crippen molar-refractivity contribution >= 4 is 29.3 Å². The maximum Gasteiger partial charge on any atom is 0.344 e. The van der Waals surface area contributed by atoms with Gasteiger partial charge in [0.05, 0.1) is 27.2 Å². The van der Waals surface area contributed by atoms with Crippen LogP contribution in [0.5, 0.6) is 0 Å². The molecule has 0 aliphatic carbocycles. The van der Waals surface area contributed by atoms with Crippen molar-refractivity contribution in [3.8, 4) is 0 Å². The first-order valence-electron chi connectivity index (χ1n) is 9.06. The van der Waals surface area contributed by atoms with Gasteiger partial charge in [0.1, 0.15) is 0 Å². The van der Waals surface area contributed by atoms with E-state index in [9.17, 15) is 9.59 Å². The molecule has 0 atom stereocenters. The monoisotopic (exact) mass is 398 g/mol. The normalized spacial score (nSPS) is 15.5. The van der Waals surface area contributed by atoms with Crippen molar-refractivity contribution < 1.29 is 14.5 Å². The van der Waals surface area contributed by atoms with Crippen molar-refractivity contribution in [2.45, 2.75) is 5.54 Å². The number of hydrazine groups is 1. The quantitative estimate of drug-likeness (QED) is 0.407. The van der Waals surface area contributed by atoms with Gasteiger partial charge in [-0.3, -0.25) is 10.2 Å². The summed E-state index contributed by atoms with van der Waals surface area (Å²) in [7, 11) is 4.06. The number of likely N-dealkylation sites (N-methyl/N-ethyl adjacent to an activating group) is 1. The Labute approximate surface area is 169 Å². The van der Waals surface area contributed by atoms with E-state index in [-0.39, 0.29) is 5.11 Å². The third-order valence-electron chi connectivity index (χ3n) is 4.56. The summed E-state index contributed by atoms with van der Waals surface area (Å²) >= 11 is 5.25. The number of carbonyl (C=O) groups is 2. The Morgan fingerprint density at radius 1 is 1.04 bits per heavy atom. The van der Waals surface area contributed by atoms with Crippen molar-refractivity contribution in [1.29, 1.82) is 0 Å². The molecule has 1 saturated heterocycles. The van der Waals surface area contributed by atoms with Crippen molar-refractivity contribution in [2.24, 2.45) is 0 Å². The lowest BCUT2D eigenvalue weighted by molar-refractivity contribution is -0.856. The lowest BCUT2D eigenvalue weighted by Crippen LogP contribution is -3.06. The highest BCUT2D eigenvalue weighted by Crippen LogP contribution is 2.35. The second kappa shape index (κ2) is 8.37. The van der Waals surface area contributed by atoms with Crippen LogP contribution in [0.1, 0.15) is 11.1 Å². The van der Waals surface area contributed by atoms with Gasteiger partial charge in [-0.1, -0.05) is 60.7 Å². The summed E-state index contributed by atoms with van der Waals surface area (Å²) in [5.74, 6) is -0.433. The van der Waals surface area contributed by atoms with E-state index >= 15 is 0 Å². The van der Waals surface area contributed by atoms with Gasteiger partial charge in [-0.15, -0.1) is 0 Å². The molecule has 8 heteroatoms. The molecule has 0 aromatic heterocycles. The first-order chi connectivity index (χ1) is 13.4. The maximum absolute atomic E-state index is 13.4. The van der Waals surface area contributed by atoms with Crippen LogP contribution in [0.15, 0.2) is 60.7 Å². The summed E-state index contributed by atoms with van der Waals surface area (Å²) in [5, 5.41) is 7.04. The fourth-order valence-corrected chi connectivity index (χ4v) is 3.33. The molecule has 1 aliphatic rings. The van der Waals surface area contributed by atoms with Crippen LogP contribution in [-0.2, 0) is 10.3 Å². The largest absolute Gasteiger partial charge is 0.356 e. The predicted molar refractivity (Wildman–Crippen MR) is 110 cm³/mol. The number of hydrogen-bond acceptors (Lipinski definition) is 3. The first-order valence-corrected chi connectivity index (χ1v) is 9.47. The smallest absolute Gasteiger partial charge is 0.344 e. The van der Waals surface area contributed by atoms with Crippen LogP contribution in [0.4, 0.5) is 4.79 Å². The summed E-state index contributed by atoms with van der Waals surface area (Å²) in [4.78, 5) is 27.4. The molecule has 3 amide bonds. The predicted octanol–water partition coefficient (Wildman–Crippen LogP) is 0.00560.